The summed E-state index contributed by atoms with van der Waals surface area (Å²) in [7, 11) is 0. The van der Waals surface area contributed by atoms with E-state index >= 15 is 0 Å². The summed E-state index contributed by atoms with van der Waals surface area (Å²) in [6, 6.07) is 8.68. The molecule has 3 rings (SSSR count). The zero-order chi connectivity index (χ0) is 15.0. The number of aromatic nitrogens is 2. The van der Waals surface area contributed by atoms with Crippen molar-refractivity contribution in [2.24, 2.45) is 0 Å². The lowest BCUT2D eigenvalue weighted by Gasteiger charge is -2.09. The highest BCUT2D eigenvalue weighted by Crippen LogP contribution is 2.28. The van der Waals surface area contributed by atoms with Gasteiger partial charge in [-0.2, -0.15) is 0 Å². The van der Waals surface area contributed by atoms with Crippen molar-refractivity contribution in [1.29, 1.82) is 0 Å². The van der Waals surface area contributed by atoms with Crippen LogP contribution in [0.4, 0.5) is 24.7 Å². The Balaban J connectivity index is 2.09. The quantitative estimate of drug-likeness (QED) is 0.711. The largest absolute Gasteiger partial charge is 0.338 e. The predicted octanol–water partition coefficient (Wildman–Crippen LogP) is 4.44. The van der Waals surface area contributed by atoms with E-state index in [-0.39, 0.29) is 16.7 Å². The van der Waals surface area contributed by atoms with Gasteiger partial charge in [-0.25, -0.2) is 13.2 Å². The Morgan fingerprint density at radius 1 is 0.905 bits per heavy atom. The SMILES string of the molecule is Fc1cc(Nc2nnc(Cl)c3ccccc23)cc(F)c1F. The van der Waals surface area contributed by atoms with Crippen molar-refractivity contribution in [1.82, 2.24) is 10.2 Å². The van der Waals surface area contributed by atoms with E-state index in [9.17, 15) is 13.2 Å². The number of nitrogens with one attached hydrogen (secondary N) is 1. The predicted molar refractivity (Wildman–Crippen MR) is 74.1 cm³/mol. The summed E-state index contributed by atoms with van der Waals surface area (Å²) in [4.78, 5) is 0. The molecule has 0 saturated heterocycles. The maximum atomic E-state index is 13.2. The molecule has 0 unspecified atom stereocenters. The van der Waals surface area contributed by atoms with Gasteiger partial charge >= 0.3 is 0 Å². The van der Waals surface area contributed by atoms with Crippen molar-refractivity contribution in [2.75, 3.05) is 5.32 Å². The van der Waals surface area contributed by atoms with Crippen molar-refractivity contribution in [2.45, 2.75) is 0 Å². The average Bonchev–Trinajstić information content (AvgIpc) is 2.48. The lowest BCUT2D eigenvalue weighted by Crippen LogP contribution is -2.00. The number of nitrogens with zero attached hydrogens (tertiary/aromatic N) is 2. The molecule has 7 heteroatoms. The van der Waals surface area contributed by atoms with Gasteiger partial charge in [0.2, 0.25) is 0 Å². The molecular formula is C14H7ClF3N3. The average molecular weight is 310 g/mol. The second kappa shape index (κ2) is 5.21. The monoisotopic (exact) mass is 309 g/mol. The molecule has 0 aliphatic rings. The summed E-state index contributed by atoms with van der Waals surface area (Å²) >= 11 is 5.93. The van der Waals surface area contributed by atoms with Gasteiger partial charge in [0, 0.05) is 28.6 Å². The van der Waals surface area contributed by atoms with Crippen molar-refractivity contribution in [3.05, 3.63) is 59.0 Å². The molecule has 0 atom stereocenters. The third kappa shape index (κ3) is 2.50. The highest BCUT2D eigenvalue weighted by molar-refractivity contribution is 6.34. The molecule has 0 spiro atoms. The summed E-state index contributed by atoms with van der Waals surface area (Å²) in [5.41, 5.74) is 0.0215. The van der Waals surface area contributed by atoms with Crippen molar-refractivity contribution < 1.29 is 13.2 Å². The highest BCUT2D eigenvalue weighted by atomic mass is 35.5. The number of benzene rings is 2. The van der Waals surface area contributed by atoms with E-state index in [0.29, 0.717) is 10.8 Å². The lowest BCUT2D eigenvalue weighted by molar-refractivity contribution is 0.448. The Bertz CT molecular complexity index is 816. The smallest absolute Gasteiger partial charge is 0.194 e. The van der Waals surface area contributed by atoms with Gasteiger partial charge in [0.25, 0.3) is 0 Å². The Morgan fingerprint density at radius 2 is 1.52 bits per heavy atom. The first-order chi connectivity index (χ1) is 10.1. The standard InChI is InChI=1S/C14H7ClF3N3/c15-13-8-3-1-2-4-9(8)14(21-20-13)19-7-5-10(16)12(18)11(17)6-7/h1-6H,(H,19,21). The number of hydrogen-bond acceptors (Lipinski definition) is 3. The van der Waals surface area contributed by atoms with E-state index in [0.717, 1.165) is 12.1 Å². The minimum atomic E-state index is -1.52. The summed E-state index contributed by atoms with van der Waals surface area (Å²) in [6.07, 6.45) is 0. The fraction of sp³-hybridized carbons (Fsp3) is 0. The Hall–Kier alpha value is -2.34. The van der Waals surface area contributed by atoms with E-state index < -0.39 is 17.5 Å². The maximum absolute atomic E-state index is 13.2. The molecule has 0 amide bonds. The second-order valence-corrected chi connectivity index (χ2v) is 4.62. The minimum absolute atomic E-state index is 0.0215. The summed E-state index contributed by atoms with van der Waals surface area (Å²) in [5, 5.41) is 11.8. The molecule has 1 heterocycles. The van der Waals surface area contributed by atoms with E-state index in [4.69, 9.17) is 11.6 Å². The summed E-state index contributed by atoms with van der Waals surface area (Å²) in [5.74, 6) is -3.83. The molecule has 0 bridgehead atoms. The number of fused-ring (bicyclic) bond motifs is 1. The van der Waals surface area contributed by atoms with E-state index in [1.165, 1.54) is 0 Å². The van der Waals surface area contributed by atoms with Crippen LogP contribution in [-0.4, -0.2) is 10.2 Å². The molecule has 1 aromatic heterocycles. The van der Waals surface area contributed by atoms with Gasteiger partial charge in [-0.3, -0.25) is 0 Å². The van der Waals surface area contributed by atoms with Crippen LogP contribution in [0.25, 0.3) is 10.8 Å². The van der Waals surface area contributed by atoms with Crippen molar-refractivity contribution in [3.8, 4) is 0 Å². The number of hydrogen-bond donors (Lipinski definition) is 1. The molecule has 0 radical (unpaired) electrons. The highest BCUT2D eigenvalue weighted by Gasteiger charge is 2.12. The molecule has 3 nitrogen and oxygen atoms in total. The second-order valence-electron chi connectivity index (χ2n) is 4.26. The first-order valence-electron chi connectivity index (χ1n) is 5.89. The molecule has 106 valence electrons. The number of rotatable bonds is 2. The maximum Gasteiger partial charge on any atom is 0.194 e. The first kappa shape index (κ1) is 13.6. The van der Waals surface area contributed by atoms with Crippen LogP contribution in [-0.2, 0) is 0 Å². The third-order valence-corrected chi connectivity index (χ3v) is 3.17. The van der Waals surface area contributed by atoms with Crippen LogP contribution < -0.4 is 5.32 Å². The third-order valence-electron chi connectivity index (χ3n) is 2.89. The fourth-order valence-corrected chi connectivity index (χ4v) is 2.13. The van der Waals surface area contributed by atoms with Gasteiger partial charge < -0.3 is 5.32 Å². The molecule has 0 aliphatic heterocycles. The lowest BCUT2D eigenvalue weighted by atomic mass is 10.2. The van der Waals surface area contributed by atoms with Gasteiger partial charge in [0.05, 0.1) is 0 Å². The first-order valence-corrected chi connectivity index (χ1v) is 6.26. The topological polar surface area (TPSA) is 37.8 Å². The molecule has 0 aliphatic carbocycles. The van der Waals surface area contributed by atoms with E-state index in [1.807, 2.05) is 0 Å². The van der Waals surface area contributed by atoms with Crippen molar-refractivity contribution >= 4 is 33.9 Å². The molecule has 0 saturated carbocycles. The zero-order valence-corrected chi connectivity index (χ0v) is 11.1. The summed E-state index contributed by atoms with van der Waals surface area (Å²) < 4.78 is 39.3. The Labute approximate surface area is 122 Å². The molecule has 0 fully saturated rings. The molecule has 2 aromatic carbocycles. The van der Waals surface area contributed by atoms with Gasteiger partial charge in [0.1, 0.15) is 0 Å². The van der Waals surface area contributed by atoms with Crippen LogP contribution in [0, 0.1) is 17.5 Å². The van der Waals surface area contributed by atoms with Crippen LogP contribution in [0.1, 0.15) is 0 Å². The summed E-state index contributed by atoms with van der Waals surface area (Å²) in [6.45, 7) is 0. The molecule has 3 aromatic rings. The van der Waals surface area contributed by atoms with Crippen LogP contribution in [0.3, 0.4) is 0 Å². The van der Waals surface area contributed by atoms with Crippen LogP contribution in [0.5, 0.6) is 0 Å². The normalized spacial score (nSPS) is 10.9. The van der Waals surface area contributed by atoms with E-state index in [2.05, 4.69) is 15.5 Å². The van der Waals surface area contributed by atoms with Gasteiger partial charge in [-0.15, -0.1) is 10.2 Å². The molecular weight excluding hydrogens is 303 g/mol. The molecule has 1 N–H and O–H groups in total. The fourth-order valence-electron chi connectivity index (χ4n) is 1.93. The van der Waals surface area contributed by atoms with Gasteiger partial charge in [-0.1, -0.05) is 35.9 Å². The zero-order valence-electron chi connectivity index (χ0n) is 10.4. The molecule has 21 heavy (non-hydrogen) atoms. The number of anilines is 2. The van der Waals surface area contributed by atoms with Crippen molar-refractivity contribution in [3.63, 3.8) is 0 Å². The van der Waals surface area contributed by atoms with Gasteiger partial charge in [0.15, 0.2) is 28.4 Å². The number of halogens is 4. The Kier molecular flexibility index (Phi) is 3.39. The van der Waals surface area contributed by atoms with Crippen LogP contribution in [0.15, 0.2) is 36.4 Å². The van der Waals surface area contributed by atoms with Crippen LogP contribution >= 0.6 is 11.6 Å². The Morgan fingerprint density at radius 3 is 2.19 bits per heavy atom. The van der Waals surface area contributed by atoms with E-state index in [1.54, 1.807) is 24.3 Å². The van der Waals surface area contributed by atoms with Crippen LogP contribution in [0.2, 0.25) is 5.15 Å². The minimum Gasteiger partial charge on any atom is -0.338 e. The van der Waals surface area contributed by atoms with Gasteiger partial charge in [-0.05, 0) is 0 Å².